The van der Waals surface area contributed by atoms with Crippen molar-refractivity contribution in [2.24, 2.45) is 0 Å². The largest absolute Gasteiger partial charge is 0.386 e. The van der Waals surface area contributed by atoms with Gasteiger partial charge < -0.3 is 19.3 Å². The molecule has 0 saturated heterocycles. The predicted octanol–water partition coefficient (Wildman–Crippen LogP) is 5.06. The summed E-state index contributed by atoms with van der Waals surface area (Å²) in [6, 6.07) is 30.1. The summed E-state index contributed by atoms with van der Waals surface area (Å²) in [6.45, 7) is 1.30. The minimum absolute atomic E-state index is 0.243. The van der Waals surface area contributed by atoms with Crippen molar-refractivity contribution in [1.29, 1.82) is 0 Å². The summed E-state index contributed by atoms with van der Waals surface area (Å²) in [5, 5.41) is 10.9. The summed E-state index contributed by atoms with van der Waals surface area (Å²) < 4.78 is 18.9. The summed E-state index contributed by atoms with van der Waals surface area (Å²) in [6.07, 6.45) is 2.42. The molecular weight excluding hydrogens is 400 g/mol. The Labute approximate surface area is 190 Å². The van der Waals surface area contributed by atoms with Gasteiger partial charge in [-0.3, -0.25) is 0 Å². The second-order valence-corrected chi connectivity index (χ2v) is 8.01. The quantitative estimate of drug-likeness (QED) is 0.482. The first-order valence-electron chi connectivity index (χ1n) is 11.1. The Balaban J connectivity index is 1.51. The fourth-order valence-corrected chi connectivity index (χ4v) is 3.87. The number of ether oxygens (including phenoxy) is 3. The lowest BCUT2D eigenvalue weighted by Crippen LogP contribution is -2.46. The molecule has 4 heteroatoms. The van der Waals surface area contributed by atoms with Crippen LogP contribution in [0.5, 0.6) is 0 Å². The molecule has 0 fully saturated rings. The minimum atomic E-state index is -0.773. The molecule has 4 atom stereocenters. The van der Waals surface area contributed by atoms with Gasteiger partial charge in [-0.15, -0.1) is 0 Å². The molecule has 3 aromatic rings. The van der Waals surface area contributed by atoms with Crippen LogP contribution in [-0.4, -0.2) is 29.5 Å². The Morgan fingerprint density at radius 3 is 1.53 bits per heavy atom. The van der Waals surface area contributed by atoms with Crippen LogP contribution in [0.2, 0.25) is 0 Å². The van der Waals surface area contributed by atoms with E-state index in [1.807, 2.05) is 97.1 Å². The van der Waals surface area contributed by atoms with Gasteiger partial charge in [0.1, 0.15) is 18.3 Å². The first-order chi connectivity index (χ1) is 15.8. The minimum Gasteiger partial charge on any atom is -0.386 e. The Bertz CT molecular complexity index is 943. The van der Waals surface area contributed by atoms with Crippen LogP contribution in [0.25, 0.3) is 0 Å². The Morgan fingerprint density at radius 1 is 0.594 bits per heavy atom. The normalized spacial score (nSPS) is 23.0. The van der Waals surface area contributed by atoms with E-state index in [0.29, 0.717) is 26.2 Å². The van der Waals surface area contributed by atoms with Crippen molar-refractivity contribution in [2.45, 2.75) is 50.7 Å². The van der Waals surface area contributed by atoms with Crippen LogP contribution in [0, 0.1) is 0 Å². The van der Waals surface area contributed by atoms with Crippen LogP contribution in [0.3, 0.4) is 0 Å². The maximum atomic E-state index is 10.9. The highest BCUT2D eigenvalue weighted by molar-refractivity contribution is 5.16. The molecule has 0 amide bonds. The highest BCUT2D eigenvalue weighted by Gasteiger charge is 2.37. The SMILES string of the molecule is OC1C=CCC(OCc2ccccc2)C(OCc2ccccc2)C1OCc1ccccc1. The van der Waals surface area contributed by atoms with Gasteiger partial charge in [0, 0.05) is 0 Å². The molecule has 32 heavy (non-hydrogen) atoms. The van der Waals surface area contributed by atoms with E-state index in [-0.39, 0.29) is 6.10 Å². The summed E-state index contributed by atoms with van der Waals surface area (Å²) in [5.41, 5.74) is 3.23. The number of rotatable bonds is 9. The molecule has 1 aliphatic carbocycles. The second kappa shape index (κ2) is 11.7. The summed E-state index contributed by atoms with van der Waals surface area (Å²) in [5.74, 6) is 0. The predicted molar refractivity (Wildman–Crippen MR) is 125 cm³/mol. The van der Waals surface area contributed by atoms with Gasteiger partial charge in [0.25, 0.3) is 0 Å². The Morgan fingerprint density at radius 2 is 1.03 bits per heavy atom. The first-order valence-corrected chi connectivity index (χ1v) is 11.1. The van der Waals surface area contributed by atoms with Crippen molar-refractivity contribution < 1.29 is 19.3 Å². The van der Waals surface area contributed by atoms with Gasteiger partial charge in [-0.2, -0.15) is 0 Å². The number of benzene rings is 3. The molecule has 0 aromatic heterocycles. The molecule has 4 unspecified atom stereocenters. The van der Waals surface area contributed by atoms with Gasteiger partial charge in [0.15, 0.2) is 0 Å². The van der Waals surface area contributed by atoms with Gasteiger partial charge in [-0.1, -0.05) is 103 Å². The van der Waals surface area contributed by atoms with Gasteiger partial charge in [0.05, 0.1) is 25.9 Å². The van der Waals surface area contributed by atoms with Gasteiger partial charge in [0.2, 0.25) is 0 Å². The second-order valence-electron chi connectivity index (χ2n) is 8.01. The first kappa shape index (κ1) is 22.4. The van der Waals surface area contributed by atoms with E-state index in [0.717, 1.165) is 16.7 Å². The molecule has 4 nitrogen and oxygen atoms in total. The van der Waals surface area contributed by atoms with E-state index in [1.165, 1.54) is 0 Å². The zero-order valence-electron chi connectivity index (χ0n) is 18.1. The Kier molecular flexibility index (Phi) is 8.23. The zero-order valence-corrected chi connectivity index (χ0v) is 18.1. The molecule has 0 radical (unpaired) electrons. The summed E-state index contributed by atoms with van der Waals surface area (Å²) in [7, 11) is 0. The lowest BCUT2D eigenvalue weighted by atomic mass is 10.0. The van der Waals surface area contributed by atoms with Gasteiger partial charge in [-0.05, 0) is 23.1 Å². The van der Waals surface area contributed by atoms with Crippen molar-refractivity contribution >= 4 is 0 Å². The average Bonchev–Trinajstić information content (AvgIpc) is 3.00. The molecule has 0 saturated carbocycles. The lowest BCUT2D eigenvalue weighted by molar-refractivity contribution is -0.168. The zero-order chi connectivity index (χ0) is 22.0. The van der Waals surface area contributed by atoms with Crippen LogP contribution in [-0.2, 0) is 34.0 Å². The van der Waals surface area contributed by atoms with E-state index in [2.05, 4.69) is 0 Å². The smallest absolute Gasteiger partial charge is 0.116 e. The topological polar surface area (TPSA) is 47.9 Å². The molecule has 166 valence electrons. The molecule has 0 heterocycles. The van der Waals surface area contributed by atoms with Crippen molar-refractivity contribution in [1.82, 2.24) is 0 Å². The monoisotopic (exact) mass is 430 g/mol. The van der Waals surface area contributed by atoms with Gasteiger partial charge in [-0.25, -0.2) is 0 Å². The fraction of sp³-hybridized carbons (Fsp3) is 0.286. The fourth-order valence-electron chi connectivity index (χ4n) is 3.87. The summed E-state index contributed by atoms with van der Waals surface area (Å²) >= 11 is 0. The molecule has 3 aromatic carbocycles. The summed E-state index contributed by atoms with van der Waals surface area (Å²) in [4.78, 5) is 0. The third kappa shape index (κ3) is 6.38. The van der Waals surface area contributed by atoms with Crippen LogP contribution >= 0.6 is 0 Å². The molecule has 0 bridgehead atoms. The number of hydrogen-bond acceptors (Lipinski definition) is 4. The van der Waals surface area contributed by atoms with Crippen molar-refractivity contribution in [3.8, 4) is 0 Å². The lowest BCUT2D eigenvalue weighted by Gasteiger charge is -2.33. The molecule has 1 aliphatic rings. The molecule has 4 rings (SSSR count). The van der Waals surface area contributed by atoms with Crippen LogP contribution in [0.4, 0.5) is 0 Å². The average molecular weight is 431 g/mol. The third-order valence-corrected chi connectivity index (χ3v) is 5.61. The van der Waals surface area contributed by atoms with Crippen molar-refractivity contribution in [3.63, 3.8) is 0 Å². The number of aliphatic hydroxyl groups excluding tert-OH is 1. The Hall–Kier alpha value is -2.76. The third-order valence-electron chi connectivity index (χ3n) is 5.61. The van der Waals surface area contributed by atoms with Crippen molar-refractivity contribution in [3.05, 3.63) is 120 Å². The highest BCUT2D eigenvalue weighted by atomic mass is 16.6. The van der Waals surface area contributed by atoms with Crippen LogP contribution in [0.15, 0.2) is 103 Å². The molecule has 0 spiro atoms. The van der Waals surface area contributed by atoms with Crippen LogP contribution < -0.4 is 0 Å². The molecule has 1 N–H and O–H groups in total. The highest BCUT2D eigenvalue weighted by Crippen LogP contribution is 2.25. The van der Waals surface area contributed by atoms with Crippen molar-refractivity contribution in [2.75, 3.05) is 0 Å². The molecular formula is C28H30O4. The van der Waals surface area contributed by atoms with Crippen LogP contribution in [0.1, 0.15) is 23.1 Å². The number of aliphatic hydroxyl groups is 1. The standard InChI is InChI=1S/C28H30O4/c29-25-17-10-18-26(30-19-22-11-4-1-5-12-22)28(32-21-24-15-8-3-9-16-24)27(25)31-20-23-13-6-2-7-14-23/h1-17,25-29H,18-21H2. The maximum Gasteiger partial charge on any atom is 0.116 e. The van der Waals surface area contributed by atoms with E-state index in [4.69, 9.17) is 14.2 Å². The van der Waals surface area contributed by atoms with E-state index >= 15 is 0 Å². The van der Waals surface area contributed by atoms with E-state index < -0.39 is 18.3 Å². The van der Waals surface area contributed by atoms with Gasteiger partial charge >= 0.3 is 0 Å². The van der Waals surface area contributed by atoms with E-state index in [1.54, 1.807) is 6.08 Å². The van der Waals surface area contributed by atoms with E-state index in [9.17, 15) is 5.11 Å². The maximum absolute atomic E-state index is 10.9. The molecule has 0 aliphatic heterocycles. The number of hydrogen-bond donors (Lipinski definition) is 1.